The van der Waals surface area contributed by atoms with Crippen LogP contribution in [0.2, 0.25) is 0 Å². The van der Waals surface area contributed by atoms with E-state index < -0.39 is 0 Å². The number of imidazole rings is 1. The molecule has 2 aromatic heterocycles. The molecule has 1 fully saturated rings. The van der Waals surface area contributed by atoms with Gasteiger partial charge in [-0.1, -0.05) is 60.7 Å². The van der Waals surface area contributed by atoms with Crippen LogP contribution in [-0.4, -0.2) is 46.4 Å². The topological polar surface area (TPSA) is 61.7 Å². The number of hydrogen-bond donors (Lipinski definition) is 2. The van der Waals surface area contributed by atoms with Gasteiger partial charge < -0.3 is 10.6 Å². The molecule has 0 bridgehead atoms. The molecule has 0 saturated carbocycles. The summed E-state index contributed by atoms with van der Waals surface area (Å²) in [4.78, 5) is 21.6. The summed E-state index contributed by atoms with van der Waals surface area (Å²) < 4.78 is 2.18. The van der Waals surface area contributed by atoms with Gasteiger partial charge in [0, 0.05) is 61.1 Å². The molecule has 0 atom stereocenters. The van der Waals surface area contributed by atoms with E-state index in [4.69, 9.17) is 4.98 Å². The van der Waals surface area contributed by atoms with Crippen molar-refractivity contribution >= 4 is 27.9 Å². The molecule has 0 aliphatic carbocycles. The number of anilines is 1. The highest BCUT2D eigenvalue weighted by atomic mass is 32.1. The van der Waals surface area contributed by atoms with Crippen molar-refractivity contribution < 1.29 is 4.79 Å². The third kappa shape index (κ3) is 4.68. The lowest BCUT2D eigenvalue weighted by Crippen LogP contribution is -2.43. The number of nitrogens with zero attached hydrogens (tertiary/aromatic N) is 3. The maximum atomic E-state index is 13.2. The second kappa shape index (κ2) is 10.1. The van der Waals surface area contributed by atoms with Crippen molar-refractivity contribution in [2.45, 2.75) is 6.54 Å². The van der Waals surface area contributed by atoms with E-state index in [-0.39, 0.29) is 5.91 Å². The smallest absolute Gasteiger partial charge is 0.255 e. The molecule has 1 saturated heterocycles. The van der Waals surface area contributed by atoms with E-state index in [1.54, 1.807) is 11.3 Å². The van der Waals surface area contributed by atoms with Crippen molar-refractivity contribution in [2.75, 3.05) is 31.5 Å². The normalized spacial score (nSPS) is 14.2. The van der Waals surface area contributed by atoms with Gasteiger partial charge in [0.25, 0.3) is 5.91 Å². The summed E-state index contributed by atoms with van der Waals surface area (Å²) in [5.74, 6) is -0.138. The molecular formula is C29H27N5OS. The van der Waals surface area contributed by atoms with Crippen LogP contribution in [0.5, 0.6) is 0 Å². The predicted octanol–water partition coefficient (Wildman–Crippen LogP) is 5.39. The zero-order valence-electron chi connectivity index (χ0n) is 19.9. The summed E-state index contributed by atoms with van der Waals surface area (Å²) >= 11 is 1.66. The fourth-order valence-electron chi connectivity index (χ4n) is 4.65. The molecule has 0 unspecified atom stereocenters. The molecule has 5 aromatic rings. The number of para-hydroxylation sites is 1. The van der Waals surface area contributed by atoms with Gasteiger partial charge in [-0.25, -0.2) is 4.98 Å². The van der Waals surface area contributed by atoms with E-state index in [9.17, 15) is 4.79 Å². The molecule has 7 heteroatoms. The Morgan fingerprint density at radius 3 is 2.58 bits per heavy atom. The highest BCUT2D eigenvalue weighted by Crippen LogP contribution is 2.30. The number of nitrogens with one attached hydrogen (secondary N) is 2. The van der Waals surface area contributed by atoms with Crippen molar-refractivity contribution in [3.05, 3.63) is 102 Å². The number of piperazine rings is 1. The standard InChI is InChI=1S/C29H27N5OS/c35-28(23-10-6-9-22(17-23)21-7-2-1-3-8-21)31-26-12-5-4-11-25(26)27-19-34-24(20-36-29(34)32-27)18-33-15-13-30-14-16-33/h1-12,17,19-20,30H,13-16,18H2,(H,31,35). The summed E-state index contributed by atoms with van der Waals surface area (Å²) in [6, 6.07) is 25.7. The van der Waals surface area contributed by atoms with E-state index in [0.29, 0.717) is 5.56 Å². The first-order chi connectivity index (χ1) is 17.7. The third-order valence-corrected chi connectivity index (χ3v) is 7.45. The Hall–Kier alpha value is -3.78. The van der Waals surface area contributed by atoms with Gasteiger partial charge in [-0.15, -0.1) is 11.3 Å². The van der Waals surface area contributed by atoms with E-state index in [2.05, 4.69) is 31.5 Å². The number of benzene rings is 3. The van der Waals surface area contributed by atoms with Crippen molar-refractivity contribution in [2.24, 2.45) is 0 Å². The highest BCUT2D eigenvalue weighted by molar-refractivity contribution is 7.15. The lowest BCUT2D eigenvalue weighted by molar-refractivity contribution is 0.102. The Kier molecular flexibility index (Phi) is 6.34. The Morgan fingerprint density at radius 2 is 1.72 bits per heavy atom. The first-order valence-corrected chi connectivity index (χ1v) is 13.1. The zero-order valence-corrected chi connectivity index (χ0v) is 20.7. The van der Waals surface area contributed by atoms with Gasteiger partial charge in [-0.05, 0) is 29.3 Å². The molecule has 3 heterocycles. The molecular weight excluding hydrogens is 466 g/mol. The molecule has 36 heavy (non-hydrogen) atoms. The molecule has 1 aliphatic rings. The number of amides is 1. The Bertz CT molecular complexity index is 1500. The quantitative estimate of drug-likeness (QED) is 0.333. The number of fused-ring (bicyclic) bond motifs is 1. The van der Waals surface area contributed by atoms with Crippen LogP contribution >= 0.6 is 11.3 Å². The fraction of sp³-hybridized carbons (Fsp3) is 0.172. The number of thiazole rings is 1. The molecule has 3 aromatic carbocycles. The maximum Gasteiger partial charge on any atom is 0.255 e. The minimum Gasteiger partial charge on any atom is -0.321 e. The second-order valence-electron chi connectivity index (χ2n) is 8.98. The van der Waals surface area contributed by atoms with Crippen molar-refractivity contribution in [1.82, 2.24) is 19.6 Å². The molecule has 2 N–H and O–H groups in total. The highest BCUT2D eigenvalue weighted by Gasteiger charge is 2.17. The molecule has 1 aliphatic heterocycles. The third-order valence-electron chi connectivity index (χ3n) is 6.56. The lowest BCUT2D eigenvalue weighted by Gasteiger charge is -2.26. The molecule has 180 valence electrons. The van der Waals surface area contributed by atoms with Gasteiger partial charge in [0.05, 0.1) is 11.4 Å². The van der Waals surface area contributed by atoms with Crippen LogP contribution in [0.1, 0.15) is 16.1 Å². The SMILES string of the molecule is O=C(Nc1ccccc1-c1cn2c(CN3CCNCC3)csc2n1)c1cccc(-c2ccccc2)c1. The van der Waals surface area contributed by atoms with Crippen LogP contribution < -0.4 is 10.6 Å². The van der Waals surface area contributed by atoms with Crippen LogP contribution in [0.25, 0.3) is 27.3 Å². The summed E-state index contributed by atoms with van der Waals surface area (Å²) in [7, 11) is 0. The Balaban J connectivity index is 1.25. The summed E-state index contributed by atoms with van der Waals surface area (Å²) in [5.41, 5.74) is 6.49. The number of rotatable bonds is 6. The number of carbonyl (C=O) groups is 1. The van der Waals surface area contributed by atoms with Crippen LogP contribution in [-0.2, 0) is 6.54 Å². The lowest BCUT2D eigenvalue weighted by atomic mass is 10.0. The van der Waals surface area contributed by atoms with E-state index in [1.165, 1.54) is 5.69 Å². The average Bonchev–Trinajstić information content (AvgIpc) is 3.52. The molecule has 6 nitrogen and oxygen atoms in total. The number of aromatic nitrogens is 2. The maximum absolute atomic E-state index is 13.2. The van der Waals surface area contributed by atoms with Gasteiger partial charge in [-0.2, -0.15) is 0 Å². The van der Waals surface area contributed by atoms with Gasteiger partial charge in [-0.3, -0.25) is 14.1 Å². The summed E-state index contributed by atoms with van der Waals surface area (Å²) in [6.45, 7) is 5.08. The Labute approximate surface area is 214 Å². The first kappa shape index (κ1) is 22.7. The zero-order chi connectivity index (χ0) is 24.3. The summed E-state index contributed by atoms with van der Waals surface area (Å²) in [5, 5.41) is 8.73. The second-order valence-corrected chi connectivity index (χ2v) is 9.81. The van der Waals surface area contributed by atoms with E-state index in [0.717, 1.165) is 65.8 Å². The average molecular weight is 494 g/mol. The Morgan fingerprint density at radius 1 is 0.944 bits per heavy atom. The van der Waals surface area contributed by atoms with E-state index >= 15 is 0 Å². The van der Waals surface area contributed by atoms with Gasteiger partial charge >= 0.3 is 0 Å². The van der Waals surface area contributed by atoms with Gasteiger partial charge in [0.2, 0.25) is 0 Å². The molecule has 1 amide bonds. The van der Waals surface area contributed by atoms with Crippen molar-refractivity contribution in [1.29, 1.82) is 0 Å². The minimum atomic E-state index is -0.138. The minimum absolute atomic E-state index is 0.138. The fourth-order valence-corrected chi connectivity index (χ4v) is 5.52. The van der Waals surface area contributed by atoms with Crippen LogP contribution in [0.15, 0.2) is 90.4 Å². The monoisotopic (exact) mass is 493 g/mol. The van der Waals surface area contributed by atoms with Crippen molar-refractivity contribution in [3.63, 3.8) is 0 Å². The van der Waals surface area contributed by atoms with Gasteiger partial charge in [0.1, 0.15) is 0 Å². The number of carbonyl (C=O) groups excluding carboxylic acids is 1. The van der Waals surface area contributed by atoms with E-state index in [1.807, 2.05) is 78.9 Å². The van der Waals surface area contributed by atoms with Crippen molar-refractivity contribution in [3.8, 4) is 22.4 Å². The molecule has 6 rings (SSSR count). The first-order valence-electron chi connectivity index (χ1n) is 12.2. The van der Waals surface area contributed by atoms with Gasteiger partial charge in [0.15, 0.2) is 4.96 Å². The predicted molar refractivity (Wildman–Crippen MR) is 146 cm³/mol. The van der Waals surface area contributed by atoms with Crippen LogP contribution in [0.3, 0.4) is 0 Å². The summed E-state index contributed by atoms with van der Waals surface area (Å²) in [6.07, 6.45) is 2.09. The van der Waals surface area contributed by atoms with Crippen LogP contribution in [0, 0.1) is 0 Å². The van der Waals surface area contributed by atoms with Crippen LogP contribution in [0.4, 0.5) is 5.69 Å². The molecule has 0 radical (unpaired) electrons. The largest absolute Gasteiger partial charge is 0.321 e. The number of hydrogen-bond acceptors (Lipinski definition) is 5. The molecule has 0 spiro atoms.